The summed E-state index contributed by atoms with van der Waals surface area (Å²) in [6.07, 6.45) is -4.38. The van der Waals surface area contributed by atoms with E-state index in [9.17, 15) is 27.9 Å². The van der Waals surface area contributed by atoms with Crippen molar-refractivity contribution in [3.05, 3.63) is 75.6 Å². The fraction of sp³-hybridized carbons (Fsp3) is 0.158. The zero-order valence-electron chi connectivity index (χ0n) is 14.0. The monoisotopic (exact) mass is 376 g/mol. The highest BCUT2D eigenvalue weighted by Crippen LogP contribution is 2.29. The first-order valence-corrected chi connectivity index (χ1v) is 7.81. The number of rotatable bonds is 4. The van der Waals surface area contributed by atoms with Crippen LogP contribution in [-0.4, -0.2) is 13.0 Å². The summed E-state index contributed by atoms with van der Waals surface area (Å²) in [5.74, 6) is -1.62. The van der Waals surface area contributed by atoms with Crippen molar-refractivity contribution in [1.82, 2.24) is 0 Å². The van der Waals surface area contributed by atoms with Crippen LogP contribution < -0.4 is 15.6 Å². The van der Waals surface area contributed by atoms with Crippen molar-refractivity contribution in [2.75, 3.05) is 11.9 Å². The van der Waals surface area contributed by atoms with Crippen molar-refractivity contribution in [2.45, 2.75) is 12.7 Å². The largest absolute Gasteiger partial charge is 0.545 e. The Kier molecular flexibility index (Phi) is 4.65. The van der Waals surface area contributed by atoms with Gasteiger partial charge in [-0.25, -0.2) is 4.79 Å². The molecule has 27 heavy (non-hydrogen) atoms. The molecule has 3 rings (SSSR count). The first-order valence-electron chi connectivity index (χ1n) is 7.81. The molecule has 1 heterocycles. The van der Waals surface area contributed by atoms with Gasteiger partial charge in [0.15, 0.2) is 0 Å². The third-order valence-corrected chi connectivity index (χ3v) is 4.08. The van der Waals surface area contributed by atoms with Gasteiger partial charge in [-0.05, 0) is 35.9 Å². The van der Waals surface area contributed by atoms with E-state index in [0.29, 0.717) is 23.2 Å². The molecule has 0 radical (unpaired) electrons. The summed E-state index contributed by atoms with van der Waals surface area (Å²) in [5.41, 5.74) is -0.781. The highest BCUT2D eigenvalue weighted by Gasteiger charge is 2.29. The normalized spacial score (nSPS) is 11.6. The second kappa shape index (κ2) is 6.79. The first kappa shape index (κ1) is 18.5. The maximum Gasteiger partial charge on any atom is 0.416 e. The molecule has 0 fully saturated rings. The van der Waals surface area contributed by atoms with Crippen LogP contribution in [0, 0.1) is 0 Å². The molecule has 5 nitrogen and oxygen atoms in total. The third kappa shape index (κ3) is 3.94. The van der Waals surface area contributed by atoms with Crippen LogP contribution in [0.15, 0.2) is 57.7 Å². The van der Waals surface area contributed by atoms with Crippen molar-refractivity contribution < 1.29 is 27.5 Å². The minimum absolute atomic E-state index is 0.196. The molecule has 2 aromatic carbocycles. The molecule has 0 bridgehead atoms. The highest BCUT2D eigenvalue weighted by molar-refractivity contribution is 5.91. The molecule has 0 N–H and O–H groups in total. The standard InChI is InChI=1S/C19H14F3NO4/c1-23(10-11-2-5-13(6-3-11)19(20,21)22)14-7-4-12-8-15(17(24)25)18(26)27-16(12)9-14/h2-9H,10H2,1H3,(H,24,25)/p-1. The fourth-order valence-corrected chi connectivity index (χ4v) is 2.64. The molecular formula is C19H13F3NO4-. The van der Waals surface area contributed by atoms with Crippen molar-refractivity contribution >= 4 is 22.6 Å². The van der Waals surface area contributed by atoms with Crippen LogP contribution in [0.3, 0.4) is 0 Å². The number of carboxylic acid groups (broad SMARTS) is 1. The van der Waals surface area contributed by atoms with Gasteiger partial charge in [-0.15, -0.1) is 0 Å². The van der Waals surface area contributed by atoms with E-state index >= 15 is 0 Å². The summed E-state index contributed by atoms with van der Waals surface area (Å²) in [6.45, 7) is 0.324. The number of halogens is 3. The molecular weight excluding hydrogens is 363 g/mol. The predicted molar refractivity (Wildman–Crippen MR) is 90.4 cm³/mol. The van der Waals surface area contributed by atoms with Crippen LogP contribution in [0.2, 0.25) is 0 Å². The van der Waals surface area contributed by atoms with Crippen LogP contribution in [0.5, 0.6) is 0 Å². The minimum Gasteiger partial charge on any atom is -0.545 e. The molecule has 0 saturated carbocycles. The van der Waals surface area contributed by atoms with Crippen molar-refractivity contribution in [1.29, 1.82) is 0 Å². The van der Waals surface area contributed by atoms with Gasteiger partial charge in [0.05, 0.1) is 17.1 Å². The summed E-state index contributed by atoms with van der Waals surface area (Å²) >= 11 is 0. The van der Waals surface area contributed by atoms with E-state index in [1.54, 1.807) is 30.1 Å². The summed E-state index contributed by atoms with van der Waals surface area (Å²) < 4.78 is 42.9. The lowest BCUT2D eigenvalue weighted by molar-refractivity contribution is -0.255. The van der Waals surface area contributed by atoms with Gasteiger partial charge in [-0.1, -0.05) is 12.1 Å². The van der Waals surface area contributed by atoms with Crippen LogP contribution in [0.4, 0.5) is 18.9 Å². The lowest BCUT2D eigenvalue weighted by Gasteiger charge is -2.20. The van der Waals surface area contributed by atoms with Crippen LogP contribution >= 0.6 is 0 Å². The number of hydrogen-bond donors (Lipinski definition) is 0. The maximum absolute atomic E-state index is 12.6. The maximum atomic E-state index is 12.6. The van der Waals surface area contributed by atoms with Crippen LogP contribution in [0.1, 0.15) is 21.5 Å². The summed E-state index contributed by atoms with van der Waals surface area (Å²) in [5, 5.41) is 11.3. The van der Waals surface area contributed by atoms with E-state index in [4.69, 9.17) is 4.42 Å². The Morgan fingerprint density at radius 3 is 2.37 bits per heavy atom. The van der Waals surface area contributed by atoms with Crippen LogP contribution in [0.25, 0.3) is 11.0 Å². The second-order valence-electron chi connectivity index (χ2n) is 6.01. The van der Waals surface area contributed by atoms with Crippen molar-refractivity contribution in [3.8, 4) is 0 Å². The Bertz CT molecular complexity index is 1060. The molecule has 0 aliphatic carbocycles. The molecule has 0 saturated heterocycles. The quantitative estimate of drug-likeness (QED) is 0.655. The number of carbonyl (C=O) groups is 1. The number of anilines is 1. The number of alkyl halides is 3. The number of aromatic carboxylic acids is 1. The Hall–Kier alpha value is -3.29. The summed E-state index contributed by atoms with van der Waals surface area (Å²) in [6, 6.07) is 10.8. The lowest BCUT2D eigenvalue weighted by atomic mass is 10.1. The smallest absolute Gasteiger partial charge is 0.416 e. The Labute approximate surface area is 151 Å². The summed E-state index contributed by atoms with van der Waals surface area (Å²) in [4.78, 5) is 24.3. The molecule has 8 heteroatoms. The van der Waals surface area contributed by atoms with E-state index in [0.717, 1.165) is 12.1 Å². The molecule has 0 aliphatic heterocycles. The lowest BCUT2D eigenvalue weighted by Crippen LogP contribution is -2.28. The van der Waals surface area contributed by atoms with Gasteiger partial charge in [0.2, 0.25) is 0 Å². The second-order valence-corrected chi connectivity index (χ2v) is 6.01. The van der Waals surface area contributed by atoms with Gasteiger partial charge in [-0.2, -0.15) is 13.2 Å². The Morgan fingerprint density at radius 2 is 1.78 bits per heavy atom. The molecule has 1 aromatic heterocycles. The minimum atomic E-state index is -4.38. The number of benzene rings is 2. The molecule has 140 valence electrons. The van der Waals surface area contributed by atoms with Crippen LogP contribution in [-0.2, 0) is 12.7 Å². The average Bonchev–Trinajstić information content (AvgIpc) is 2.60. The fourth-order valence-electron chi connectivity index (χ4n) is 2.64. The number of carboxylic acids is 1. The number of fused-ring (bicyclic) bond motifs is 1. The number of carbonyl (C=O) groups excluding carboxylic acids is 1. The van der Waals surface area contributed by atoms with Gasteiger partial charge in [0.1, 0.15) is 5.58 Å². The zero-order valence-corrected chi connectivity index (χ0v) is 14.0. The van der Waals surface area contributed by atoms with E-state index in [2.05, 4.69) is 0 Å². The van der Waals surface area contributed by atoms with Gasteiger partial charge in [0.25, 0.3) is 0 Å². The molecule has 0 atom stereocenters. The molecule has 0 aliphatic rings. The molecule has 0 unspecified atom stereocenters. The van der Waals surface area contributed by atoms with E-state index in [1.807, 2.05) is 0 Å². The SMILES string of the molecule is CN(Cc1ccc(C(F)(F)F)cc1)c1ccc2cc(C(=O)[O-])c(=O)oc2c1. The average molecular weight is 376 g/mol. The van der Waals surface area contributed by atoms with Gasteiger partial charge in [-0.3, -0.25) is 0 Å². The topological polar surface area (TPSA) is 73.6 Å². The summed E-state index contributed by atoms with van der Waals surface area (Å²) in [7, 11) is 1.73. The first-order chi connectivity index (χ1) is 12.6. The van der Waals surface area contributed by atoms with Crippen molar-refractivity contribution in [2.24, 2.45) is 0 Å². The number of hydrogen-bond acceptors (Lipinski definition) is 5. The third-order valence-electron chi connectivity index (χ3n) is 4.08. The predicted octanol–water partition coefficient (Wildman–Crippen LogP) is 2.81. The number of nitrogens with zero attached hydrogens (tertiary/aromatic N) is 1. The van der Waals surface area contributed by atoms with Crippen molar-refractivity contribution in [3.63, 3.8) is 0 Å². The Morgan fingerprint density at radius 1 is 1.11 bits per heavy atom. The van der Waals surface area contributed by atoms with E-state index in [-0.39, 0.29) is 5.58 Å². The molecule has 0 amide bonds. The van der Waals surface area contributed by atoms with E-state index in [1.165, 1.54) is 18.2 Å². The highest BCUT2D eigenvalue weighted by atomic mass is 19.4. The van der Waals surface area contributed by atoms with Gasteiger partial charge in [0, 0.05) is 30.7 Å². The van der Waals surface area contributed by atoms with Gasteiger partial charge >= 0.3 is 11.8 Å². The van der Waals surface area contributed by atoms with Gasteiger partial charge < -0.3 is 19.2 Å². The van der Waals surface area contributed by atoms with E-state index < -0.39 is 28.9 Å². The molecule has 3 aromatic rings. The zero-order chi connectivity index (χ0) is 19.8. The Balaban J connectivity index is 1.85. The molecule has 0 spiro atoms.